The Morgan fingerprint density at radius 1 is 1.18 bits per heavy atom. The largest absolute Gasteiger partial charge is 0.293 e. The van der Waals surface area contributed by atoms with Gasteiger partial charge in [0.2, 0.25) is 0 Å². The van der Waals surface area contributed by atoms with Crippen LogP contribution in [0.1, 0.15) is 15.9 Å². The number of nitro groups is 1. The van der Waals surface area contributed by atoms with E-state index in [4.69, 9.17) is 0 Å². The molecule has 1 atom stereocenters. The Kier molecular flexibility index (Phi) is 3.29. The van der Waals surface area contributed by atoms with E-state index in [-0.39, 0.29) is 28.5 Å². The Labute approximate surface area is 127 Å². The highest BCUT2D eigenvalue weighted by Crippen LogP contribution is 2.33. The third-order valence-electron chi connectivity index (χ3n) is 3.45. The first-order valence-corrected chi connectivity index (χ1v) is 8.21. The monoisotopic (exact) mass is 316 g/mol. The quantitative estimate of drug-likeness (QED) is 0.628. The number of hydrogen-bond donors (Lipinski definition) is 0. The van der Waals surface area contributed by atoms with Crippen molar-refractivity contribution in [3.8, 4) is 0 Å². The highest BCUT2D eigenvalue weighted by Gasteiger charge is 2.28. The molecule has 0 spiro atoms. The molecule has 3 rings (SSSR count). The van der Waals surface area contributed by atoms with Crippen LogP contribution in [0.25, 0.3) is 0 Å². The molecule has 0 saturated carbocycles. The summed E-state index contributed by atoms with van der Waals surface area (Å²) in [7, 11) is -2.88. The molecule has 0 saturated heterocycles. The lowest BCUT2D eigenvalue weighted by Crippen LogP contribution is -2.20. The van der Waals surface area contributed by atoms with E-state index in [0.29, 0.717) is 4.90 Å². The predicted molar refractivity (Wildman–Crippen MR) is 82.0 cm³/mol. The minimum absolute atomic E-state index is 0.153. The minimum atomic E-state index is -2.88. The number of carbonyl (C=O) groups is 1. The Bertz CT molecular complexity index is 910. The van der Waals surface area contributed by atoms with Crippen molar-refractivity contribution in [2.24, 2.45) is 4.36 Å². The second-order valence-corrected chi connectivity index (χ2v) is 7.29. The van der Waals surface area contributed by atoms with Crippen LogP contribution < -0.4 is 0 Å². The van der Waals surface area contributed by atoms with Gasteiger partial charge in [-0.25, -0.2) is 4.21 Å². The molecule has 1 aliphatic heterocycles. The summed E-state index contributed by atoms with van der Waals surface area (Å²) in [5.74, 6) is -0.649. The number of nitro benzene ring substituents is 1. The van der Waals surface area contributed by atoms with Crippen LogP contribution in [0.4, 0.5) is 11.4 Å². The molecular formula is C15H12N2O4S. The Morgan fingerprint density at radius 3 is 2.50 bits per heavy atom. The fourth-order valence-corrected chi connectivity index (χ4v) is 4.16. The molecule has 22 heavy (non-hydrogen) atoms. The minimum Gasteiger partial charge on any atom is -0.293 e. The van der Waals surface area contributed by atoms with Gasteiger partial charge < -0.3 is 0 Å². The third kappa shape index (κ3) is 2.39. The van der Waals surface area contributed by atoms with Gasteiger partial charge in [0.15, 0.2) is 5.78 Å². The van der Waals surface area contributed by atoms with E-state index < -0.39 is 14.7 Å². The van der Waals surface area contributed by atoms with Gasteiger partial charge in [0.05, 0.1) is 25.9 Å². The van der Waals surface area contributed by atoms with E-state index in [1.165, 1.54) is 18.2 Å². The van der Waals surface area contributed by atoms with Gasteiger partial charge in [0.1, 0.15) is 5.75 Å². The number of benzene rings is 2. The van der Waals surface area contributed by atoms with Crippen molar-refractivity contribution in [1.29, 1.82) is 0 Å². The van der Waals surface area contributed by atoms with Gasteiger partial charge in [-0.05, 0) is 25.1 Å². The number of fused-ring (bicyclic) bond motifs is 1. The Balaban J connectivity index is 2.17. The third-order valence-corrected chi connectivity index (χ3v) is 5.61. The zero-order valence-electron chi connectivity index (χ0n) is 11.7. The molecule has 2 aromatic carbocycles. The summed E-state index contributed by atoms with van der Waals surface area (Å²) in [4.78, 5) is 23.0. The Morgan fingerprint density at radius 2 is 1.86 bits per heavy atom. The summed E-state index contributed by atoms with van der Waals surface area (Å²) in [5.41, 5.74) is 1.24. The highest BCUT2D eigenvalue weighted by atomic mass is 32.2. The topological polar surface area (TPSA) is 89.6 Å². The van der Waals surface area contributed by atoms with E-state index in [2.05, 4.69) is 4.36 Å². The lowest BCUT2D eigenvalue weighted by molar-refractivity contribution is -0.384. The standard InChI is InChI=1S/C15H12N2O4S/c1-10-2-5-12(6-3-10)22(21)9-15(18)13-8-11(17(19)20)4-7-14(13)16-22/h2-8H,9H2,1H3. The molecule has 7 heteroatoms. The first-order valence-electron chi connectivity index (χ1n) is 6.52. The van der Waals surface area contributed by atoms with E-state index in [1.807, 2.05) is 19.1 Å². The molecule has 0 aliphatic carbocycles. The van der Waals surface area contributed by atoms with Crippen molar-refractivity contribution in [2.45, 2.75) is 11.8 Å². The van der Waals surface area contributed by atoms with Crippen LogP contribution >= 0.6 is 0 Å². The van der Waals surface area contributed by atoms with E-state index >= 15 is 0 Å². The predicted octanol–water partition coefficient (Wildman–Crippen LogP) is 3.26. The number of carbonyl (C=O) groups excluding carboxylic acids is 1. The summed E-state index contributed by atoms with van der Waals surface area (Å²) in [5, 5.41) is 10.8. The van der Waals surface area contributed by atoms with Gasteiger partial charge in [0.25, 0.3) is 5.69 Å². The number of nitrogens with zero attached hydrogens (tertiary/aromatic N) is 2. The van der Waals surface area contributed by atoms with Crippen molar-refractivity contribution in [3.05, 3.63) is 63.7 Å². The number of Topliss-reactive ketones (excluding diaryl/α,β-unsaturated/α-hetero) is 1. The number of non-ortho nitro benzene ring substituents is 1. The summed E-state index contributed by atoms with van der Waals surface area (Å²) in [6.07, 6.45) is 0. The molecule has 0 radical (unpaired) electrons. The molecule has 1 aliphatic rings. The first kappa shape index (κ1) is 14.4. The molecule has 0 aromatic heterocycles. The molecule has 0 fully saturated rings. The van der Waals surface area contributed by atoms with Crippen molar-refractivity contribution >= 4 is 26.9 Å². The second kappa shape index (κ2) is 5.03. The normalized spacial score (nSPS) is 20.1. The number of aryl methyl sites for hydroxylation is 1. The Hall–Kier alpha value is -2.54. The van der Waals surface area contributed by atoms with Gasteiger partial charge in [0, 0.05) is 17.0 Å². The van der Waals surface area contributed by atoms with Gasteiger partial charge in [-0.15, -0.1) is 0 Å². The molecule has 1 unspecified atom stereocenters. The van der Waals surface area contributed by atoms with E-state index in [1.54, 1.807) is 12.1 Å². The maximum atomic E-state index is 13.0. The SMILES string of the molecule is Cc1ccc(S2(=O)=Nc3ccc([N+](=O)[O-])cc3C(=O)C2)cc1. The van der Waals surface area contributed by atoms with Crippen LogP contribution in [0.2, 0.25) is 0 Å². The zero-order valence-corrected chi connectivity index (χ0v) is 12.5. The van der Waals surface area contributed by atoms with Crippen LogP contribution in [0, 0.1) is 17.0 Å². The van der Waals surface area contributed by atoms with Crippen molar-refractivity contribution in [3.63, 3.8) is 0 Å². The number of ketones is 1. The molecule has 6 nitrogen and oxygen atoms in total. The van der Waals surface area contributed by atoms with Gasteiger partial charge in [-0.1, -0.05) is 17.7 Å². The average Bonchev–Trinajstić information content (AvgIpc) is 2.47. The summed E-state index contributed by atoms with van der Waals surface area (Å²) >= 11 is 0. The summed E-state index contributed by atoms with van der Waals surface area (Å²) < 4.78 is 17.2. The lowest BCUT2D eigenvalue weighted by Gasteiger charge is -2.16. The summed E-state index contributed by atoms with van der Waals surface area (Å²) in [6, 6.07) is 10.8. The number of hydrogen-bond acceptors (Lipinski definition) is 5. The van der Waals surface area contributed by atoms with Crippen molar-refractivity contribution in [1.82, 2.24) is 0 Å². The zero-order chi connectivity index (χ0) is 15.9. The highest BCUT2D eigenvalue weighted by molar-refractivity contribution is 7.94. The van der Waals surface area contributed by atoms with Crippen molar-refractivity contribution < 1.29 is 13.9 Å². The molecular weight excluding hydrogens is 304 g/mol. The van der Waals surface area contributed by atoms with E-state index in [9.17, 15) is 19.1 Å². The smallest absolute Gasteiger partial charge is 0.270 e. The fourth-order valence-electron chi connectivity index (χ4n) is 2.27. The van der Waals surface area contributed by atoms with Crippen LogP contribution in [-0.4, -0.2) is 20.7 Å². The molecule has 1 heterocycles. The van der Waals surface area contributed by atoms with Crippen LogP contribution in [0.15, 0.2) is 51.7 Å². The van der Waals surface area contributed by atoms with Crippen LogP contribution in [0.5, 0.6) is 0 Å². The van der Waals surface area contributed by atoms with Crippen molar-refractivity contribution in [2.75, 3.05) is 5.75 Å². The van der Waals surface area contributed by atoms with Crippen LogP contribution in [-0.2, 0) is 9.73 Å². The molecule has 2 aromatic rings. The summed E-state index contributed by atoms with van der Waals surface area (Å²) in [6.45, 7) is 1.91. The molecule has 0 amide bonds. The average molecular weight is 316 g/mol. The molecule has 0 bridgehead atoms. The molecule has 0 N–H and O–H groups in total. The number of rotatable bonds is 2. The fraction of sp³-hybridized carbons (Fsp3) is 0.133. The first-order chi connectivity index (χ1) is 10.4. The van der Waals surface area contributed by atoms with Gasteiger partial charge >= 0.3 is 0 Å². The lowest BCUT2D eigenvalue weighted by atomic mass is 10.1. The van der Waals surface area contributed by atoms with Gasteiger partial charge in [-0.3, -0.25) is 14.9 Å². The van der Waals surface area contributed by atoms with Gasteiger partial charge in [-0.2, -0.15) is 4.36 Å². The maximum absolute atomic E-state index is 13.0. The second-order valence-electron chi connectivity index (χ2n) is 5.07. The van der Waals surface area contributed by atoms with Crippen LogP contribution in [0.3, 0.4) is 0 Å². The maximum Gasteiger partial charge on any atom is 0.270 e. The van der Waals surface area contributed by atoms with E-state index in [0.717, 1.165) is 5.56 Å². The molecule has 112 valence electrons.